The van der Waals surface area contributed by atoms with Crippen LogP contribution >= 0.6 is 11.8 Å². The maximum absolute atomic E-state index is 14.2. The van der Waals surface area contributed by atoms with E-state index in [-0.39, 0.29) is 5.82 Å². The number of benzene rings is 1. The molecule has 2 heterocycles. The van der Waals surface area contributed by atoms with Crippen LogP contribution in [0.4, 0.5) is 4.39 Å². The third-order valence-corrected chi connectivity index (χ3v) is 4.33. The van der Waals surface area contributed by atoms with Gasteiger partial charge in [-0.3, -0.25) is 0 Å². The molecule has 0 N–H and O–H groups in total. The molecule has 0 aliphatic carbocycles. The number of pyridine rings is 1. The Bertz CT molecular complexity index is 929. The molecular weight excluding hydrogens is 337 g/mol. The second-order valence-corrected chi connectivity index (χ2v) is 6.85. The van der Waals surface area contributed by atoms with Gasteiger partial charge in [0.05, 0.1) is 5.56 Å². The molecule has 0 radical (unpaired) electrons. The molecule has 7 heteroatoms. The third-order valence-electron chi connectivity index (χ3n) is 3.41. The summed E-state index contributed by atoms with van der Waals surface area (Å²) in [6.45, 7) is 4.80. The predicted molar refractivity (Wildman–Crippen MR) is 93.3 cm³/mol. The maximum Gasteiger partial charge on any atom is 0.197 e. The maximum atomic E-state index is 14.2. The summed E-state index contributed by atoms with van der Waals surface area (Å²) in [5.41, 5.74) is 0.760. The first kappa shape index (κ1) is 17.1. The fraction of sp³-hybridized carbons (Fsp3) is 0.222. The van der Waals surface area contributed by atoms with Crippen molar-refractivity contribution in [3.63, 3.8) is 0 Å². The van der Waals surface area contributed by atoms with Gasteiger partial charge in [-0.2, -0.15) is 5.26 Å². The molecule has 126 valence electrons. The van der Waals surface area contributed by atoms with Crippen LogP contribution in [0.3, 0.4) is 0 Å². The van der Waals surface area contributed by atoms with Crippen molar-refractivity contribution in [2.24, 2.45) is 5.92 Å². The van der Waals surface area contributed by atoms with E-state index in [9.17, 15) is 4.39 Å². The summed E-state index contributed by atoms with van der Waals surface area (Å²) in [5.74, 6) is 0.492. The molecule has 0 spiro atoms. The second kappa shape index (κ2) is 7.45. The Morgan fingerprint density at radius 1 is 1.16 bits per heavy atom. The molecule has 0 saturated heterocycles. The number of hydrogen-bond acceptors (Lipinski definition) is 5. The van der Waals surface area contributed by atoms with Gasteiger partial charge < -0.3 is 4.57 Å². The number of rotatable bonds is 5. The molecule has 2 aromatic heterocycles. The van der Waals surface area contributed by atoms with Gasteiger partial charge in [0.25, 0.3) is 0 Å². The Kier molecular flexibility index (Phi) is 5.10. The number of nitrogens with zero attached hydrogens (tertiary/aromatic N) is 5. The van der Waals surface area contributed by atoms with Crippen LogP contribution in [-0.4, -0.2) is 19.7 Å². The minimum atomic E-state index is -0.332. The van der Waals surface area contributed by atoms with E-state index in [1.54, 1.807) is 30.3 Å². The van der Waals surface area contributed by atoms with Crippen LogP contribution in [-0.2, 0) is 6.54 Å². The van der Waals surface area contributed by atoms with Crippen LogP contribution in [0.5, 0.6) is 0 Å². The zero-order chi connectivity index (χ0) is 17.8. The molecule has 25 heavy (non-hydrogen) atoms. The van der Waals surface area contributed by atoms with E-state index in [0.29, 0.717) is 39.7 Å². The zero-order valence-electron chi connectivity index (χ0n) is 13.8. The molecule has 0 bridgehead atoms. The largest absolute Gasteiger partial charge is 0.301 e. The minimum absolute atomic E-state index is 0.332. The quantitative estimate of drug-likeness (QED) is 0.689. The average molecular weight is 353 g/mol. The SMILES string of the molecule is CC(C)Cn1c(Sc2cccc(C#N)n2)nnc1-c1ccccc1F. The summed E-state index contributed by atoms with van der Waals surface area (Å²) in [4.78, 5) is 4.25. The summed E-state index contributed by atoms with van der Waals surface area (Å²) >= 11 is 1.31. The van der Waals surface area contributed by atoms with E-state index in [0.717, 1.165) is 0 Å². The van der Waals surface area contributed by atoms with Gasteiger partial charge >= 0.3 is 0 Å². The lowest BCUT2D eigenvalue weighted by Crippen LogP contribution is -2.08. The van der Waals surface area contributed by atoms with E-state index in [1.807, 2.05) is 16.7 Å². The Labute approximate surface area is 149 Å². The number of halogens is 1. The third kappa shape index (κ3) is 3.86. The van der Waals surface area contributed by atoms with Crippen molar-refractivity contribution in [3.05, 3.63) is 54.0 Å². The lowest BCUT2D eigenvalue weighted by molar-refractivity contribution is 0.496. The van der Waals surface area contributed by atoms with Crippen LogP contribution in [0.1, 0.15) is 19.5 Å². The summed E-state index contributed by atoms with van der Waals surface area (Å²) in [7, 11) is 0. The Hall–Kier alpha value is -2.72. The Morgan fingerprint density at radius 3 is 2.68 bits per heavy atom. The van der Waals surface area contributed by atoms with Crippen molar-refractivity contribution in [2.45, 2.75) is 30.6 Å². The summed E-state index contributed by atoms with van der Waals surface area (Å²) < 4.78 is 16.1. The van der Waals surface area contributed by atoms with Gasteiger partial charge in [-0.15, -0.1) is 10.2 Å². The monoisotopic (exact) mass is 353 g/mol. The van der Waals surface area contributed by atoms with Gasteiger partial charge in [0, 0.05) is 6.54 Å². The van der Waals surface area contributed by atoms with Crippen molar-refractivity contribution in [2.75, 3.05) is 0 Å². The van der Waals surface area contributed by atoms with Crippen LogP contribution < -0.4 is 0 Å². The van der Waals surface area contributed by atoms with Gasteiger partial charge in [-0.25, -0.2) is 9.37 Å². The average Bonchev–Trinajstić information content (AvgIpc) is 2.97. The van der Waals surface area contributed by atoms with Gasteiger partial charge in [0.2, 0.25) is 0 Å². The molecule has 0 fully saturated rings. The van der Waals surface area contributed by atoms with E-state index >= 15 is 0 Å². The van der Waals surface area contributed by atoms with Crippen LogP contribution in [0.2, 0.25) is 0 Å². The molecule has 0 aliphatic heterocycles. The summed E-state index contributed by atoms with van der Waals surface area (Å²) in [5, 5.41) is 18.7. The molecule has 0 unspecified atom stereocenters. The Morgan fingerprint density at radius 2 is 1.96 bits per heavy atom. The lowest BCUT2D eigenvalue weighted by Gasteiger charge is -2.12. The molecule has 0 saturated carbocycles. The van der Waals surface area contributed by atoms with E-state index in [4.69, 9.17) is 5.26 Å². The van der Waals surface area contributed by atoms with Crippen molar-refractivity contribution in [3.8, 4) is 17.5 Å². The first-order valence-corrected chi connectivity index (χ1v) is 8.63. The van der Waals surface area contributed by atoms with Gasteiger partial charge in [-0.05, 0) is 41.9 Å². The standard InChI is InChI=1S/C18H16FN5S/c1-12(2)11-24-17(14-7-3-4-8-15(14)19)22-23-18(24)25-16-9-5-6-13(10-20)21-16/h3-9,12H,11H2,1-2H3. The fourth-order valence-electron chi connectivity index (χ4n) is 2.36. The number of hydrogen-bond donors (Lipinski definition) is 0. The second-order valence-electron chi connectivity index (χ2n) is 5.87. The minimum Gasteiger partial charge on any atom is -0.301 e. The smallest absolute Gasteiger partial charge is 0.197 e. The van der Waals surface area contributed by atoms with Crippen LogP contribution in [0, 0.1) is 23.1 Å². The van der Waals surface area contributed by atoms with Crippen molar-refractivity contribution in [1.29, 1.82) is 5.26 Å². The van der Waals surface area contributed by atoms with Crippen molar-refractivity contribution < 1.29 is 4.39 Å². The molecule has 0 amide bonds. The highest BCUT2D eigenvalue weighted by Crippen LogP contribution is 2.30. The topological polar surface area (TPSA) is 67.4 Å². The Balaban J connectivity index is 2.02. The highest BCUT2D eigenvalue weighted by Gasteiger charge is 2.18. The highest BCUT2D eigenvalue weighted by molar-refractivity contribution is 7.99. The molecule has 3 rings (SSSR count). The normalized spacial score (nSPS) is 10.8. The van der Waals surface area contributed by atoms with Crippen molar-refractivity contribution in [1.82, 2.24) is 19.7 Å². The van der Waals surface area contributed by atoms with Crippen molar-refractivity contribution >= 4 is 11.8 Å². The molecule has 0 atom stereocenters. The van der Waals surface area contributed by atoms with Crippen LogP contribution in [0.15, 0.2) is 52.6 Å². The fourth-order valence-corrected chi connectivity index (χ4v) is 3.19. The highest BCUT2D eigenvalue weighted by atomic mass is 32.2. The molecular formula is C18H16FN5S. The lowest BCUT2D eigenvalue weighted by atomic mass is 10.2. The molecule has 5 nitrogen and oxygen atoms in total. The van der Waals surface area contributed by atoms with Gasteiger partial charge in [0.1, 0.15) is 22.6 Å². The van der Waals surface area contributed by atoms with Gasteiger partial charge in [-0.1, -0.05) is 32.0 Å². The van der Waals surface area contributed by atoms with E-state index in [1.165, 1.54) is 17.8 Å². The van der Waals surface area contributed by atoms with E-state index < -0.39 is 0 Å². The molecule has 3 aromatic rings. The number of aromatic nitrogens is 4. The summed E-state index contributed by atoms with van der Waals surface area (Å²) in [6.07, 6.45) is 0. The molecule has 0 aliphatic rings. The van der Waals surface area contributed by atoms with E-state index in [2.05, 4.69) is 29.0 Å². The first-order chi connectivity index (χ1) is 12.1. The summed E-state index contributed by atoms with van der Waals surface area (Å²) in [6, 6.07) is 13.8. The first-order valence-electron chi connectivity index (χ1n) is 7.81. The predicted octanol–water partition coefficient (Wildman–Crippen LogP) is 4.16. The van der Waals surface area contributed by atoms with Crippen LogP contribution in [0.25, 0.3) is 11.4 Å². The molecule has 1 aromatic carbocycles. The zero-order valence-corrected chi connectivity index (χ0v) is 14.7. The van der Waals surface area contributed by atoms with Gasteiger partial charge in [0.15, 0.2) is 11.0 Å². The number of nitriles is 1.